The largest absolute Gasteiger partial charge is 0.385 e. The van der Waals surface area contributed by atoms with Crippen LogP contribution in [0.1, 0.15) is 19.5 Å². The smallest absolute Gasteiger partial charge is 0.150 e. The van der Waals surface area contributed by atoms with E-state index in [4.69, 9.17) is 0 Å². The molecule has 0 saturated heterocycles. The molecule has 2 aromatic rings. The van der Waals surface area contributed by atoms with Gasteiger partial charge in [-0.3, -0.25) is 0 Å². The molecule has 0 amide bonds. The minimum Gasteiger partial charge on any atom is -0.385 e. The molecule has 1 N–H and O–H groups in total. The Morgan fingerprint density at radius 2 is 2.00 bits per heavy atom. The first-order chi connectivity index (χ1) is 8.58. The fourth-order valence-electron chi connectivity index (χ4n) is 1.87. The quantitative estimate of drug-likeness (QED) is 0.856. The number of nitrogens with one attached hydrogen (secondary N) is 1. The first-order valence-corrected chi connectivity index (χ1v) is 6.58. The Morgan fingerprint density at radius 1 is 1.28 bits per heavy atom. The van der Waals surface area contributed by atoms with Gasteiger partial charge in [-0.2, -0.15) is 0 Å². The van der Waals surface area contributed by atoms with Crippen molar-refractivity contribution in [3.05, 3.63) is 33.9 Å². The van der Waals surface area contributed by atoms with E-state index in [1.165, 1.54) is 0 Å². The van der Waals surface area contributed by atoms with Crippen molar-refractivity contribution in [3.63, 3.8) is 0 Å². The Morgan fingerprint density at radius 3 is 2.61 bits per heavy atom. The number of halogens is 3. The SMILES string of the molecule is CCNc1cc(CC)nc2c(F)cc(Br)c(F)c12. The third-order valence-electron chi connectivity index (χ3n) is 2.71. The Labute approximate surface area is 113 Å². The molecular formula is C13H13BrF2N2. The number of fused-ring (bicyclic) bond motifs is 1. The van der Waals surface area contributed by atoms with E-state index in [0.717, 1.165) is 11.8 Å². The summed E-state index contributed by atoms with van der Waals surface area (Å²) in [5.41, 5.74) is 1.39. The first-order valence-electron chi connectivity index (χ1n) is 5.79. The summed E-state index contributed by atoms with van der Waals surface area (Å²) in [4.78, 5) is 4.16. The second-order valence-corrected chi connectivity index (χ2v) is 4.78. The molecule has 0 radical (unpaired) electrons. The number of nitrogens with zero attached hydrogens (tertiary/aromatic N) is 1. The van der Waals surface area contributed by atoms with Crippen LogP contribution in [0.2, 0.25) is 0 Å². The average Bonchev–Trinajstić information content (AvgIpc) is 2.35. The maximum absolute atomic E-state index is 14.1. The van der Waals surface area contributed by atoms with Gasteiger partial charge in [0.15, 0.2) is 5.82 Å². The Bertz CT molecular complexity index is 599. The topological polar surface area (TPSA) is 24.9 Å². The van der Waals surface area contributed by atoms with Crippen LogP contribution in [-0.4, -0.2) is 11.5 Å². The lowest BCUT2D eigenvalue weighted by atomic mass is 10.1. The van der Waals surface area contributed by atoms with E-state index >= 15 is 0 Å². The van der Waals surface area contributed by atoms with Crippen molar-refractivity contribution in [2.75, 3.05) is 11.9 Å². The van der Waals surface area contributed by atoms with Crippen LogP contribution in [0, 0.1) is 11.6 Å². The molecule has 0 fully saturated rings. The van der Waals surface area contributed by atoms with Crippen molar-refractivity contribution in [3.8, 4) is 0 Å². The van der Waals surface area contributed by atoms with Gasteiger partial charge in [-0.15, -0.1) is 0 Å². The summed E-state index contributed by atoms with van der Waals surface area (Å²) in [5.74, 6) is -1.01. The molecular weight excluding hydrogens is 302 g/mol. The third kappa shape index (κ3) is 2.19. The Kier molecular flexibility index (Phi) is 3.80. The van der Waals surface area contributed by atoms with Crippen LogP contribution in [0.5, 0.6) is 0 Å². The molecule has 1 aromatic heterocycles. The monoisotopic (exact) mass is 314 g/mol. The summed E-state index contributed by atoms with van der Waals surface area (Å²) >= 11 is 3.02. The summed E-state index contributed by atoms with van der Waals surface area (Å²) < 4.78 is 28.1. The van der Waals surface area contributed by atoms with E-state index in [-0.39, 0.29) is 15.4 Å². The molecule has 18 heavy (non-hydrogen) atoms. The van der Waals surface area contributed by atoms with Crippen molar-refractivity contribution in [2.45, 2.75) is 20.3 Å². The molecule has 0 aliphatic rings. The Balaban J connectivity index is 2.86. The zero-order chi connectivity index (χ0) is 13.3. The van der Waals surface area contributed by atoms with E-state index in [1.807, 2.05) is 13.8 Å². The average molecular weight is 315 g/mol. The molecule has 0 spiro atoms. The predicted molar refractivity (Wildman–Crippen MR) is 72.9 cm³/mol. The molecule has 0 aliphatic carbocycles. The van der Waals surface area contributed by atoms with Gasteiger partial charge < -0.3 is 5.32 Å². The maximum Gasteiger partial charge on any atom is 0.150 e. The lowest BCUT2D eigenvalue weighted by molar-refractivity contribution is 0.609. The normalized spacial score (nSPS) is 10.9. The molecule has 96 valence electrons. The van der Waals surface area contributed by atoms with Gasteiger partial charge in [0.2, 0.25) is 0 Å². The summed E-state index contributed by atoms with van der Waals surface area (Å²) in [6.07, 6.45) is 0.672. The van der Waals surface area contributed by atoms with E-state index in [0.29, 0.717) is 18.7 Å². The lowest BCUT2D eigenvalue weighted by Crippen LogP contribution is -2.03. The van der Waals surface area contributed by atoms with Gasteiger partial charge in [-0.05, 0) is 41.4 Å². The number of hydrogen-bond acceptors (Lipinski definition) is 2. The van der Waals surface area contributed by atoms with Crippen molar-refractivity contribution < 1.29 is 8.78 Å². The number of anilines is 1. The molecule has 1 aromatic carbocycles. The molecule has 5 heteroatoms. The van der Waals surface area contributed by atoms with Gasteiger partial charge >= 0.3 is 0 Å². The maximum atomic E-state index is 14.1. The number of hydrogen-bond donors (Lipinski definition) is 1. The fraction of sp³-hybridized carbons (Fsp3) is 0.308. The number of benzene rings is 1. The van der Waals surface area contributed by atoms with Crippen molar-refractivity contribution in [1.29, 1.82) is 0 Å². The van der Waals surface area contributed by atoms with Gasteiger partial charge in [0.1, 0.15) is 11.3 Å². The number of aromatic nitrogens is 1. The second kappa shape index (κ2) is 5.18. The van der Waals surface area contributed by atoms with Gasteiger partial charge in [-0.25, -0.2) is 13.8 Å². The van der Waals surface area contributed by atoms with Crippen LogP contribution in [0.15, 0.2) is 16.6 Å². The summed E-state index contributed by atoms with van der Waals surface area (Å²) in [6.45, 7) is 4.47. The summed E-state index contributed by atoms with van der Waals surface area (Å²) in [7, 11) is 0. The lowest BCUT2D eigenvalue weighted by Gasteiger charge is -2.12. The molecule has 2 rings (SSSR count). The van der Waals surface area contributed by atoms with Crippen LogP contribution < -0.4 is 5.32 Å². The zero-order valence-electron chi connectivity index (χ0n) is 10.2. The highest BCUT2D eigenvalue weighted by Crippen LogP contribution is 2.32. The predicted octanol–water partition coefficient (Wildman–Crippen LogP) is 4.27. The van der Waals surface area contributed by atoms with Crippen LogP contribution in [0.4, 0.5) is 14.5 Å². The third-order valence-corrected chi connectivity index (χ3v) is 3.29. The summed E-state index contributed by atoms with van der Waals surface area (Å²) in [6, 6.07) is 2.88. The second-order valence-electron chi connectivity index (χ2n) is 3.92. The molecule has 0 atom stereocenters. The number of pyridine rings is 1. The first kappa shape index (κ1) is 13.2. The van der Waals surface area contributed by atoms with E-state index in [9.17, 15) is 8.78 Å². The van der Waals surface area contributed by atoms with E-state index in [1.54, 1.807) is 6.07 Å². The minimum absolute atomic E-state index is 0.0750. The van der Waals surface area contributed by atoms with Crippen LogP contribution >= 0.6 is 15.9 Å². The van der Waals surface area contributed by atoms with Gasteiger partial charge in [0.25, 0.3) is 0 Å². The van der Waals surface area contributed by atoms with Crippen LogP contribution in [0.3, 0.4) is 0 Å². The highest BCUT2D eigenvalue weighted by atomic mass is 79.9. The van der Waals surface area contributed by atoms with Crippen LogP contribution in [0.25, 0.3) is 10.9 Å². The highest BCUT2D eigenvalue weighted by molar-refractivity contribution is 9.10. The van der Waals surface area contributed by atoms with Crippen LogP contribution in [-0.2, 0) is 6.42 Å². The number of rotatable bonds is 3. The standard InChI is InChI=1S/C13H13BrF2N2/c1-3-7-5-10(17-4-2)11-12(16)8(14)6-9(15)13(11)18-7/h5-6H,3-4H2,1-2H3,(H,17,18). The van der Waals surface area contributed by atoms with Crippen molar-refractivity contribution >= 4 is 32.5 Å². The van der Waals surface area contributed by atoms with E-state index < -0.39 is 11.6 Å². The highest BCUT2D eigenvalue weighted by Gasteiger charge is 2.16. The zero-order valence-corrected chi connectivity index (χ0v) is 11.7. The van der Waals surface area contributed by atoms with Crippen molar-refractivity contribution in [2.24, 2.45) is 0 Å². The number of aryl methyl sites for hydroxylation is 1. The molecule has 1 heterocycles. The molecule has 0 unspecified atom stereocenters. The van der Waals surface area contributed by atoms with Gasteiger partial charge in [-0.1, -0.05) is 6.92 Å². The van der Waals surface area contributed by atoms with Gasteiger partial charge in [0.05, 0.1) is 9.86 Å². The van der Waals surface area contributed by atoms with Gasteiger partial charge in [0, 0.05) is 17.9 Å². The minimum atomic E-state index is -0.521. The summed E-state index contributed by atoms with van der Waals surface area (Å²) in [5, 5.41) is 3.25. The van der Waals surface area contributed by atoms with Crippen molar-refractivity contribution in [1.82, 2.24) is 4.98 Å². The molecule has 0 aliphatic heterocycles. The fourth-order valence-corrected chi connectivity index (χ4v) is 2.27. The Hall–Kier alpha value is -1.23. The molecule has 0 bridgehead atoms. The molecule has 0 saturated carbocycles. The molecule has 2 nitrogen and oxygen atoms in total. The van der Waals surface area contributed by atoms with E-state index in [2.05, 4.69) is 26.2 Å².